The summed E-state index contributed by atoms with van der Waals surface area (Å²) in [5, 5.41) is 3.65. The minimum Gasteiger partial charge on any atom is -0.353 e. The van der Waals surface area contributed by atoms with Gasteiger partial charge in [0.05, 0.1) is 16.5 Å². The van der Waals surface area contributed by atoms with E-state index in [1.54, 1.807) is 11.8 Å². The average Bonchev–Trinajstić information content (AvgIpc) is 2.82. The molecule has 1 N–H and O–H groups in total. The molecule has 22 heavy (non-hydrogen) atoms. The summed E-state index contributed by atoms with van der Waals surface area (Å²) in [6.45, 7) is 8.06. The fourth-order valence-electron chi connectivity index (χ4n) is 2.05. The fraction of sp³-hybridized carbons (Fsp3) is 0.600. The molecule has 0 aliphatic carbocycles. The quantitative estimate of drug-likeness (QED) is 0.807. The number of aliphatic imine (C=N–C) groups is 2. The molecule has 2 heterocycles. The minimum absolute atomic E-state index is 0.00716. The van der Waals surface area contributed by atoms with Crippen molar-refractivity contribution in [2.45, 2.75) is 33.7 Å². The van der Waals surface area contributed by atoms with Gasteiger partial charge in [-0.25, -0.2) is 4.99 Å². The second kappa shape index (κ2) is 7.46. The van der Waals surface area contributed by atoms with Crippen molar-refractivity contribution in [3.05, 3.63) is 11.0 Å². The number of amidine groups is 1. The largest absolute Gasteiger partial charge is 0.353 e. The second-order valence-corrected chi connectivity index (χ2v) is 7.91. The van der Waals surface area contributed by atoms with Gasteiger partial charge in [-0.2, -0.15) is 4.99 Å². The van der Waals surface area contributed by atoms with Crippen LogP contribution in [0.1, 0.15) is 27.7 Å². The van der Waals surface area contributed by atoms with E-state index < -0.39 is 0 Å². The average molecular weight is 339 g/mol. The van der Waals surface area contributed by atoms with Gasteiger partial charge in [0.1, 0.15) is 11.8 Å². The third kappa shape index (κ3) is 4.46. The summed E-state index contributed by atoms with van der Waals surface area (Å²) in [4.78, 5) is 33.4. The zero-order valence-electron chi connectivity index (χ0n) is 13.3. The van der Waals surface area contributed by atoms with E-state index in [-0.39, 0.29) is 23.8 Å². The number of hydrogen-bond donors (Lipinski definition) is 1. The maximum absolute atomic E-state index is 12.1. The number of carbonyl (C=O) groups excluding carboxylic acids is 2. The van der Waals surface area contributed by atoms with Crippen molar-refractivity contribution in [3.63, 3.8) is 0 Å². The molecule has 7 heteroatoms. The zero-order chi connectivity index (χ0) is 16.3. The van der Waals surface area contributed by atoms with Gasteiger partial charge in [0.15, 0.2) is 0 Å². The summed E-state index contributed by atoms with van der Waals surface area (Å²) < 4.78 is 0. The van der Waals surface area contributed by atoms with Crippen LogP contribution in [-0.2, 0) is 9.59 Å². The molecule has 0 saturated carbocycles. The lowest BCUT2D eigenvalue weighted by Gasteiger charge is -2.13. The van der Waals surface area contributed by atoms with Crippen LogP contribution >= 0.6 is 23.5 Å². The number of allylic oxidation sites excluding steroid dienone is 1. The van der Waals surface area contributed by atoms with Crippen molar-refractivity contribution in [3.8, 4) is 0 Å². The molecule has 5 nitrogen and oxygen atoms in total. The molecule has 2 aliphatic rings. The molecule has 0 fully saturated rings. The monoisotopic (exact) mass is 339 g/mol. The molecule has 0 aromatic heterocycles. The second-order valence-electron chi connectivity index (χ2n) is 5.83. The lowest BCUT2D eigenvalue weighted by atomic mass is 10.1. The molecule has 0 spiro atoms. The summed E-state index contributed by atoms with van der Waals surface area (Å²) in [5.74, 6) is 1.30. The van der Waals surface area contributed by atoms with Crippen LogP contribution in [0.3, 0.4) is 0 Å². The van der Waals surface area contributed by atoms with E-state index >= 15 is 0 Å². The van der Waals surface area contributed by atoms with Gasteiger partial charge < -0.3 is 5.32 Å². The number of hydrogen-bond acceptors (Lipinski definition) is 5. The van der Waals surface area contributed by atoms with E-state index in [2.05, 4.69) is 29.1 Å². The Morgan fingerprint density at radius 1 is 1.36 bits per heavy atom. The molecule has 2 aliphatic heterocycles. The first-order valence-corrected chi connectivity index (χ1v) is 9.30. The van der Waals surface area contributed by atoms with E-state index in [0.717, 1.165) is 5.04 Å². The van der Waals surface area contributed by atoms with Crippen LogP contribution in [0, 0.1) is 11.8 Å². The lowest BCUT2D eigenvalue weighted by molar-refractivity contribution is -0.119. The Kier molecular flexibility index (Phi) is 5.86. The van der Waals surface area contributed by atoms with Gasteiger partial charge in [-0.3, -0.25) is 9.59 Å². The Morgan fingerprint density at radius 3 is 2.73 bits per heavy atom. The van der Waals surface area contributed by atoms with Gasteiger partial charge in [0.2, 0.25) is 5.91 Å². The maximum Gasteiger partial charge on any atom is 0.261 e. The highest BCUT2D eigenvalue weighted by atomic mass is 32.2. The van der Waals surface area contributed by atoms with E-state index in [9.17, 15) is 9.59 Å². The summed E-state index contributed by atoms with van der Waals surface area (Å²) in [7, 11) is 0. The molecule has 2 amide bonds. The third-order valence-corrected chi connectivity index (χ3v) is 5.37. The lowest BCUT2D eigenvalue weighted by Crippen LogP contribution is -2.32. The van der Waals surface area contributed by atoms with E-state index in [4.69, 9.17) is 0 Å². The summed E-state index contributed by atoms with van der Waals surface area (Å²) in [6.07, 6.45) is 1.97. The van der Waals surface area contributed by atoms with Gasteiger partial charge in [-0.15, -0.1) is 11.8 Å². The topological polar surface area (TPSA) is 70.9 Å². The number of thioether (sulfide) groups is 2. The van der Waals surface area contributed by atoms with Crippen molar-refractivity contribution in [2.75, 3.05) is 11.5 Å². The molecule has 2 rings (SSSR count). The normalized spacial score (nSPS) is 20.7. The van der Waals surface area contributed by atoms with Crippen LogP contribution in [0.15, 0.2) is 21.0 Å². The highest BCUT2D eigenvalue weighted by Gasteiger charge is 2.34. The number of nitrogens with zero attached hydrogens (tertiary/aromatic N) is 2. The van der Waals surface area contributed by atoms with Crippen LogP contribution in [0.4, 0.5) is 0 Å². The van der Waals surface area contributed by atoms with Crippen LogP contribution in [-0.4, -0.2) is 40.2 Å². The predicted octanol–water partition coefficient (Wildman–Crippen LogP) is 2.48. The summed E-state index contributed by atoms with van der Waals surface area (Å²) >= 11 is 3.00. The van der Waals surface area contributed by atoms with Crippen LogP contribution in [0.5, 0.6) is 0 Å². The first-order chi connectivity index (χ1) is 10.4. The molecule has 1 unspecified atom stereocenters. The fourth-order valence-corrected chi connectivity index (χ4v) is 3.86. The van der Waals surface area contributed by atoms with Crippen molar-refractivity contribution < 1.29 is 9.59 Å². The van der Waals surface area contributed by atoms with Gasteiger partial charge in [0.25, 0.3) is 5.91 Å². The van der Waals surface area contributed by atoms with Crippen molar-refractivity contribution in [2.24, 2.45) is 21.8 Å². The first kappa shape index (κ1) is 17.3. The summed E-state index contributed by atoms with van der Waals surface area (Å²) in [6, 6.07) is 0.137. The molecule has 0 saturated heterocycles. The molecule has 1 atom stereocenters. The minimum atomic E-state index is -0.291. The van der Waals surface area contributed by atoms with Gasteiger partial charge in [0, 0.05) is 6.04 Å². The smallest absolute Gasteiger partial charge is 0.261 e. The molecule has 120 valence electrons. The molecular formula is C15H21N3O2S2. The molecule has 0 aromatic carbocycles. The Morgan fingerprint density at radius 2 is 2.09 bits per heavy atom. The maximum atomic E-state index is 12.1. The van der Waals surface area contributed by atoms with Gasteiger partial charge in [-0.1, -0.05) is 31.7 Å². The van der Waals surface area contributed by atoms with Crippen molar-refractivity contribution >= 4 is 46.2 Å². The van der Waals surface area contributed by atoms with Crippen LogP contribution < -0.4 is 5.32 Å². The Balaban J connectivity index is 1.89. The summed E-state index contributed by atoms with van der Waals surface area (Å²) in [5.41, 5.74) is 0. The number of amides is 2. The Hall–Kier alpha value is -1.08. The van der Waals surface area contributed by atoms with E-state index in [1.165, 1.54) is 16.7 Å². The number of nitrogens with one attached hydrogen (secondary N) is 1. The van der Waals surface area contributed by atoms with Gasteiger partial charge >= 0.3 is 0 Å². The Labute approximate surface area is 139 Å². The van der Waals surface area contributed by atoms with E-state index in [1.807, 2.05) is 19.9 Å². The Bertz CT molecular complexity index is 565. The number of rotatable bonds is 6. The van der Waals surface area contributed by atoms with Crippen molar-refractivity contribution in [1.29, 1.82) is 0 Å². The molecule has 0 aromatic rings. The van der Waals surface area contributed by atoms with Crippen molar-refractivity contribution in [1.82, 2.24) is 5.32 Å². The van der Waals surface area contributed by atoms with Crippen LogP contribution in [0.2, 0.25) is 0 Å². The van der Waals surface area contributed by atoms with Gasteiger partial charge in [-0.05, 0) is 24.7 Å². The number of fused-ring (bicyclic) bond motifs is 1. The highest BCUT2D eigenvalue weighted by molar-refractivity contribution is 8.17. The van der Waals surface area contributed by atoms with Crippen LogP contribution in [0.25, 0.3) is 0 Å². The predicted molar refractivity (Wildman–Crippen MR) is 94.5 cm³/mol. The number of carbonyl (C=O) groups is 2. The third-order valence-electron chi connectivity index (χ3n) is 3.05. The SMILES string of the molecule is CC(C)NC(=O)CSCC1=NC(=O)C2C=C(C(C)C)SC2=N1. The highest BCUT2D eigenvalue weighted by Crippen LogP contribution is 2.38. The van der Waals surface area contributed by atoms with E-state index in [0.29, 0.717) is 23.3 Å². The molecular weight excluding hydrogens is 318 g/mol. The molecule has 0 bridgehead atoms. The molecule has 0 radical (unpaired) electrons. The standard InChI is InChI=1S/C15H21N3O2S2/c1-8(2)11-5-10-14(20)17-12(18-15(10)22-11)6-21-7-13(19)16-9(3)4/h5,8-10H,6-7H2,1-4H3,(H,16,19). The first-order valence-electron chi connectivity index (χ1n) is 7.33. The zero-order valence-corrected chi connectivity index (χ0v) is 14.9.